The molecule has 4 aromatic rings. The van der Waals surface area contributed by atoms with Gasteiger partial charge in [-0.1, -0.05) is 23.7 Å². The van der Waals surface area contributed by atoms with Crippen molar-refractivity contribution in [1.82, 2.24) is 14.7 Å². The van der Waals surface area contributed by atoms with Gasteiger partial charge in [-0.05, 0) is 55.5 Å². The molecule has 1 aliphatic carbocycles. The van der Waals surface area contributed by atoms with E-state index in [0.29, 0.717) is 34.2 Å². The van der Waals surface area contributed by atoms with Gasteiger partial charge in [0.15, 0.2) is 0 Å². The molecular weight excluding hydrogens is 712 g/mol. The number of carbonyl (C=O) groups is 2. The molecule has 1 aliphatic rings. The molecule has 2 aromatic carbocycles. The van der Waals surface area contributed by atoms with Crippen molar-refractivity contribution in [2.75, 3.05) is 19.5 Å². The van der Waals surface area contributed by atoms with E-state index in [2.05, 4.69) is 28.8 Å². The van der Waals surface area contributed by atoms with Crippen molar-refractivity contribution in [2.45, 2.75) is 56.7 Å². The van der Waals surface area contributed by atoms with Crippen molar-refractivity contribution in [1.29, 1.82) is 5.26 Å². The van der Waals surface area contributed by atoms with Crippen LogP contribution in [0.1, 0.15) is 36.8 Å². The summed E-state index contributed by atoms with van der Waals surface area (Å²) in [5.74, 6) is -4.29. The lowest BCUT2D eigenvalue weighted by Crippen LogP contribution is -2.36. The summed E-state index contributed by atoms with van der Waals surface area (Å²) in [6.45, 7) is 0.831. The van der Waals surface area contributed by atoms with Gasteiger partial charge in [0.1, 0.15) is 17.1 Å². The minimum atomic E-state index is -5.08. The first-order chi connectivity index (χ1) is 23.9. The number of nitrogens with zero attached hydrogens (tertiary/aromatic N) is 3. The van der Waals surface area contributed by atoms with Gasteiger partial charge in [-0.15, -0.1) is 0 Å². The number of alkyl halides is 6. The predicted molar refractivity (Wildman–Crippen MR) is 174 cm³/mol. The molecule has 0 atom stereocenters. The second kappa shape index (κ2) is 17.6. The smallest absolute Gasteiger partial charge is 0.490 e. The highest BCUT2D eigenvalue weighted by Gasteiger charge is 2.39. The second-order valence-electron chi connectivity index (χ2n) is 11.0. The van der Waals surface area contributed by atoms with Crippen LogP contribution >= 0.6 is 11.6 Å². The summed E-state index contributed by atoms with van der Waals surface area (Å²) in [6, 6.07) is 18.7. The number of aromatic nitrogens is 2. The zero-order chi connectivity index (χ0) is 37.9. The number of fused-ring (bicyclic) bond motifs is 1. The Hall–Kier alpha value is -5.21. The number of carboxylic acids is 2. The van der Waals surface area contributed by atoms with Crippen LogP contribution in [0.2, 0.25) is 5.02 Å². The molecule has 0 amide bonds. The number of halogens is 7. The number of ether oxygens (including phenoxy) is 2. The Kier molecular flexibility index (Phi) is 13.9. The Labute approximate surface area is 292 Å². The first-order valence-electron chi connectivity index (χ1n) is 14.9. The van der Waals surface area contributed by atoms with E-state index in [1.807, 2.05) is 47.1 Å². The predicted octanol–water partition coefficient (Wildman–Crippen LogP) is 7.32. The first-order valence-corrected chi connectivity index (χ1v) is 15.3. The Bertz CT molecular complexity index is 1810. The van der Waals surface area contributed by atoms with Crippen LogP contribution in [-0.2, 0) is 16.1 Å². The van der Waals surface area contributed by atoms with Crippen molar-refractivity contribution in [3.63, 3.8) is 0 Å². The molecule has 4 N–H and O–H groups in total. The monoisotopic (exact) mass is 743 g/mol. The molecule has 2 aromatic heterocycles. The van der Waals surface area contributed by atoms with Crippen molar-refractivity contribution in [3.05, 3.63) is 77.1 Å². The largest absolute Gasteiger partial charge is 0.496 e. The van der Waals surface area contributed by atoms with Gasteiger partial charge < -0.3 is 34.7 Å². The van der Waals surface area contributed by atoms with Gasteiger partial charge in [-0.2, -0.15) is 31.6 Å². The van der Waals surface area contributed by atoms with Crippen LogP contribution in [0.25, 0.3) is 16.9 Å². The van der Waals surface area contributed by atoms with Crippen LogP contribution in [0, 0.1) is 11.3 Å². The van der Waals surface area contributed by atoms with Gasteiger partial charge in [0.25, 0.3) is 0 Å². The molecular formula is C33H32ClF6N5O6. The SMILES string of the molecule is COc1cc(OC)c(-c2cn3ccc(NC4CCC(NCc5ccc(C#N)cc5)CC4)cc3n2)cc1Cl.O=C(O)C(F)(F)F.O=C(O)C(F)(F)F. The third-order valence-corrected chi connectivity index (χ3v) is 7.77. The van der Waals surface area contributed by atoms with E-state index >= 15 is 0 Å². The molecule has 2 heterocycles. The topological polar surface area (TPSA) is 158 Å². The number of nitriles is 1. The number of aliphatic carboxylic acids is 2. The fraction of sp³-hybridized carbons (Fsp3) is 0.333. The van der Waals surface area contributed by atoms with E-state index in [1.54, 1.807) is 20.3 Å². The average Bonchev–Trinajstić information content (AvgIpc) is 3.51. The van der Waals surface area contributed by atoms with Gasteiger partial charge in [0, 0.05) is 54.4 Å². The highest BCUT2D eigenvalue weighted by Crippen LogP contribution is 2.38. The van der Waals surface area contributed by atoms with Gasteiger partial charge in [-0.25, -0.2) is 14.6 Å². The molecule has 0 aliphatic heterocycles. The minimum absolute atomic E-state index is 0.435. The highest BCUT2D eigenvalue weighted by atomic mass is 35.5. The first kappa shape index (κ1) is 40.2. The van der Waals surface area contributed by atoms with Gasteiger partial charge in [0.2, 0.25) is 0 Å². The van der Waals surface area contributed by atoms with Crippen molar-refractivity contribution >= 4 is 34.9 Å². The van der Waals surface area contributed by atoms with Crippen LogP contribution < -0.4 is 20.1 Å². The average molecular weight is 744 g/mol. The lowest BCUT2D eigenvalue weighted by Gasteiger charge is -2.30. The van der Waals surface area contributed by atoms with E-state index in [1.165, 1.54) is 5.56 Å². The Balaban J connectivity index is 0.000000424. The summed E-state index contributed by atoms with van der Waals surface area (Å²) in [4.78, 5) is 22.6. The minimum Gasteiger partial charge on any atom is -0.496 e. The fourth-order valence-corrected chi connectivity index (χ4v) is 5.14. The Morgan fingerprint density at radius 3 is 1.98 bits per heavy atom. The number of carboxylic acid groups (broad SMARTS) is 2. The maximum Gasteiger partial charge on any atom is 0.490 e. The number of anilines is 1. The lowest BCUT2D eigenvalue weighted by atomic mass is 9.91. The van der Waals surface area contributed by atoms with Gasteiger partial charge in [0.05, 0.1) is 36.6 Å². The van der Waals surface area contributed by atoms with E-state index in [-0.39, 0.29) is 0 Å². The molecule has 1 fully saturated rings. The molecule has 0 spiro atoms. The van der Waals surface area contributed by atoms with Crippen molar-refractivity contribution in [2.24, 2.45) is 0 Å². The molecule has 0 unspecified atom stereocenters. The van der Waals surface area contributed by atoms with E-state index in [9.17, 15) is 26.3 Å². The maximum absolute atomic E-state index is 10.6. The number of benzene rings is 2. The lowest BCUT2D eigenvalue weighted by molar-refractivity contribution is -0.193. The van der Waals surface area contributed by atoms with Crippen LogP contribution in [0.15, 0.2) is 60.9 Å². The number of rotatable bonds is 8. The Morgan fingerprint density at radius 1 is 0.922 bits per heavy atom. The normalized spacial score (nSPS) is 15.7. The number of imidazole rings is 1. The summed E-state index contributed by atoms with van der Waals surface area (Å²) < 4.78 is 76.3. The Morgan fingerprint density at radius 2 is 1.47 bits per heavy atom. The molecule has 0 saturated heterocycles. The third kappa shape index (κ3) is 12.0. The molecule has 0 radical (unpaired) electrons. The number of hydrogen-bond donors (Lipinski definition) is 4. The van der Waals surface area contributed by atoms with Crippen molar-refractivity contribution < 1.29 is 55.6 Å². The zero-order valence-electron chi connectivity index (χ0n) is 27.0. The quantitative estimate of drug-likeness (QED) is 0.135. The van der Waals surface area contributed by atoms with Crippen LogP contribution in [-0.4, -0.2) is 70.2 Å². The van der Waals surface area contributed by atoms with Gasteiger partial charge >= 0.3 is 24.3 Å². The molecule has 274 valence electrons. The van der Waals surface area contributed by atoms with E-state index < -0.39 is 24.3 Å². The van der Waals surface area contributed by atoms with Crippen LogP contribution in [0.4, 0.5) is 32.0 Å². The standard InChI is InChI=1S/C29H30ClN5O2.2C2HF3O2/c1-36-27-15-28(37-2)25(30)14-24(27)26-18-35-12-11-23(13-29(35)34-26)33-22-9-7-21(8-10-22)32-17-20-5-3-19(16-31)4-6-20;2*3-2(4,5)1(6)7/h3-6,11-15,18,21-22,32-33H,7-10,17H2,1-2H3;2*(H,6,7). The number of hydrogen-bond acceptors (Lipinski definition) is 8. The summed E-state index contributed by atoms with van der Waals surface area (Å²) >= 11 is 6.37. The van der Waals surface area contributed by atoms with Crippen LogP contribution in [0.5, 0.6) is 11.5 Å². The van der Waals surface area contributed by atoms with Crippen LogP contribution in [0.3, 0.4) is 0 Å². The molecule has 11 nitrogen and oxygen atoms in total. The highest BCUT2D eigenvalue weighted by molar-refractivity contribution is 6.32. The summed E-state index contributed by atoms with van der Waals surface area (Å²) in [5.41, 5.74) is 5.43. The zero-order valence-corrected chi connectivity index (χ0v) is 27.7. The van der Waals surface area contributed by atoms with E-state index in [4.69, 9.17) is 51.1 Å². The molecule has 18 heteroatoms. The summed E-state index contributed by atoms with van der Waals surface area (Å²) in [5, 5.41) is 31.1. The van der Waals surface area contributed by atoms with Gasteiger partial charge in [-0.3, -0.25) is 0 Å². The fourth-order valence-electron chi connectivity index (χ4n) is 4.90. The molecule has 5 rings (SSSR count). The number of pyridine rings is 1. The van der Waals surface area contributed by atoms with Crippen molar-refractivity contribution in [3.8, 4) is 28.8 Å². The molecule has 51 heavy (non-hydrogen) atoms. The molecule has 1 saturated carbocycles. The summed E-state index contributed by atoms with van der Waals surface area (Å²) in [7, 11) is 3.21. The van der Waals surface area contributed by atoms with E-state index in [0.717, 1.165) is 54.8 Å². The summed E-state index contributed by atoms with van der Waals surface area (Å²) in [6.07, 6.45) is -1.70. The second-order valence-corrected chi connectivity index (χ2v) is 11.4. The third-order valence-electron chi connectivity index (χ3n) is 7.47. The number of methoxy groups -OCH3 is 2. The molecule has 0 bridgehead atoms. The number of nitrogens with one attached hydrogen (secondary N) is 2. The maximum atomic E-state index is 10.6.